The van der Waals surface area contributed by atoms with Gasteiger partial charge in [-0.15, -0.1) is 0 Å². The van der Waals surface area contributed by atoms with Crippen LogP contribution < -0.4 is 15.4 Å². The standard InChI is InChI=1S/C17H19BrN2O2/c1-22-16-8-4-14(5-9-16)12-20-17(21)19-11-10-13-2-6-15(18)7-3-13/h2-9H,10-12H2,1H3,(H2,19,20,21). The van der Waals surface area contributed by atoms with Crippen molar-refractivity contribution in [2.24, 2.45) is 0 Å². The van der Waals surface area contributed by atoms with Crippen LogP contribution in [0.3, 0.4) is 0 Å². The predicted octanol–water partition coefficient (Wildman–Crippen LogP) is 3.50. The summed E-state index contributed by atoms with van der Waals surface area (Å²) >= 11 is 3.40. The fourth-order valence-corrected chi connectivity index (χ4v) is 2.22. The van der Waals surface area contributed by atoms with E-state index < -0.39 is 0 Å². The Morgan fingerprint density at radius 1 is 1.00 bits per heavy atom. The van der Waals surface area contributed by atoms with Crippen LogP contribution in [0.5, 0.6) is 5.75 Å². The van der Waals surface area contributed by atoms with Gasteiger partial charge < -0.3 is 15.4 Å². The Kier molecular flexibility index (Phi) is 6.27. The van der Waals surface area contributed by atoms with Crippen LogP contribution in [0.4, 0.5) is 4.79 Å². The monoisotopic (exact) mass is 362 g/mol. The zero-order valence-electron chi connectivity index (χ0n) is 12.4. The van der Waals surface area contributed by atoms with Crippen molar-refractivity contribution in [1.82, 2.24) is 10.6 Å². The first-order chi connectivity index (χ1) is 10.7. The first-order valence-electron chi connectivity index (χ1n) is 7.06. The number of rotatable bonds is 6. The smallest absolute Gasteiger partial charge is 0.315 e. The maximum Gasteiger partial charge on any atom is 0.315 e. The average molecular weight is 363 g/mol. The molecule has 0 heterocycles. The number of amides is 2. The summed E-state index contributed by atoms with van der Waals surface area (Å²) in [5.41, 5.74) is 2.22. The molecule has 0 aliphatic carbocycles. The molecule has 2 aromatic carbocycles. The lowest BCUT2D eigenvalue weighted by Crippen LogP contribution is -2.36. The zero-order valence-corrected chi connectivity index (χ0v) is 14.0. The van der Waals surface area contributed by atoms with Gasteiger partial charge in [0.05, 0.1) is 7.11 Å². The first-order valence-corrected chi connectivity index (χ1v) is 7.86. The summed E-state index contributed by atoms with van der Waals surface area (Å²) in [5.74, 6) is 0.808. The molecule has 2 aromatic rings. The van der Waals surface area contributed by atoms with Crippen LogP contribution in [0.2, 0.25) is 0 Å². The molecule has 0 radical (unpaired) electrons. The van der Waals surface area contributed by atoms with E-state index in [0.29, 0.717) is 13.1 Å². The van der Waals surface area contributed by atoms with Gasteiger partial charge in [-0.1, -0.05) is 40.2 Å². The highest BCUT2D eigenvalue weighted by Gasteiger charge is 2.01. The van der Waals surface area contributed by atoms with E-state index in [9.17, 15) is 4.79 Å². The Morgan fingerprint density at radius 2 is 1.64 bits per heavy atom. The van der Waals surface area contributed by atoms with Crippen molar-refractivity contribution in [3.8, 4) is 5.75 Å². The molecule has 0 bridgehead atoms. The molecule has 2 N–H and O–H groups in total. The van der Waals surface area contributed by atoms with Crippen molar-refractivity contribution in [2.45, 2.75) is 13.0 Å². The number of carbonyl (C=O) groups is 1. The molecule has 0 aliphatic heterocycles. The van der Waals surface area contributed by atoms with Gasteiger partial charge >= 0.3 is 6.03 Å². The van der Waals surface area contributed by atoms with Gasteiger partial charge in [0, 0.05) is 17.6 Å². The van der Waals surface area contributed by atoms with Crippen LogP contribution >= 0.6 is 15.9 Å². The van der Waals surface area contributed by atoms with Gasteiger partial charge in [-0.05, 0) is 41.8 Å². The Bertz CT molecular complexity index is 597. The third-order valence-corrected chi connectivity index (χ3v) is 3.75. The Balaban J connectivity index is 1.68. The van der Waals surface area contributed by atoms with Crippen LogP contribution in [0, 0.1) is 0 Å². The van der Waals surface area contributed by atoms with Gasteiger partial charge in [-0.3, -0.25) is 0 Å². The minimum atomic E-state index is -0.159. The van der Waals surface area contributed by atoms with Crippen molar-refractivity contribution >= 4 is 22.0 Å². The Hall–Kier alpha value is -2.01. The number of carbonyl (C=O) groups excluding carboxylic acids is 1. The maximum absolute atomic E-state index is 11.7. The van der Waals surface area contributed by atoms with E-state index in [1.807, 2.05) is 48.5 Å². The third-order valence-electron chi connectivity index (χ3n) is 3.22. The summed E-state index contributed by atoms with van der Waals surface area (Å²) < 4.78 is 6.15. The Labute approximate surface area is 139 Å². The van der Waals surface area contributed by atoms with Crippen LogP contribution in [-0.2, 0) is 13.0 Å². The quantitative estimate of drug-likeness (QED) is 0.826. The number of urea groups is 1. The van der Waals surface area contributed by atoms with Crippen molar-refractivity contribution < 1.29 is 9.53 Å². The van der Waals surface area contributed by atoms with Crippen LogP contribution in [0.25, 0.3) is 0 Å². The van der Waals surface area contributed by atoms with Crippen molar-refractivity contribution in [3.05, 3.63) is 64.1 Å². The molecule has 0 unspecified atom stereocenters. The van der Waals surface area contributed by atoms with E-state index in [2.05, 4.69) is 26.6 Å². The van der Waals surface area contributed by atoms with Gasteiger partial charge in [0.1, 0.15) is 5.75 Å². The average Bonchev–Trinajstić information content (AvgIpc) is 2.55. The Morgan fingerprint density at radius 3 is 2.27 bits per heavy atom. The number of ether oxygens (including phenoxy) is 1. The van der Waals surface area contributed by atoms with Crippen molar-refractivity contribution in [2.75, 3.05) is 13.7 Å². The summed E-state index contributed by atoms with van der Waals surface area (Å²) in [6.07, 6.45) is 0.809. The lowest BCUT2D eigenvalue weighted by atomic mass is 10.1. The first kappa shape index (κ1) is 16.4. The van der Waals surface area contributed by atoms with E-state index in [4.69, 9.17) is 4.74 Å². The van der Waals surface area contributed by atoms with Gasteiger partial charge in [0.25, 0.3) is 0 Å². The summed E-state index contributed by atoms with van der Waals surface area (Å²) in [4.78, 5) is 11.7. The van der Waals surface area contributed by atoms with Crippen LogP contribution in [0.15, 0.2) is 53.0 Å². The summed E-state index contributed by atoms with van der Waals surface area (Å²) in [5, 5.41) is 5.69. The fraction of sp³-hybridized carbons (Fsp3) is 0.235. The van der Waals surface area contributed by atoms with Gasteiger partial charge in [0.2, 0.25) is 0 Å². The molecular weight excluding hydrogens is 344 g/mol. The molecule has 2 rings (SSSR count). The summed E-state index contributed by atoms with van der Waals surface area (Å²) in [6.45, 7) is 1.10. The molecule has 0 saturated carbocycles. The molecule has 0 aliphatic rings. The highest BCUT2D eigenvalue weighted by molar-refractivity contribution is 9.10. The topological polar surface area (TPSA) is 50.4 Å². The predicted molar refractivity (Wildman–Crippen MR) is 91.1 cm³/mol. The molecule has 2 amide bonds. The highest BCUT2D eigenvalue weighted by Crippen LogP contribution is 2.11. The molecule has 0 atom stereocenters. The molecule has 0 saturated heterocycles. The fourth-order valence-electron chi connectivity index (χ4n) is 1.96. The summed E-state index contributed by atoms with van der Waals surface area (Å²) in [6, 6.07) is 15.5. The molecule has 5 heteroatoms. The van der Waals surface area contributed by atoms with Gasteiger partial charge in [-0.2, -0.15) is 0 Å². The minimum Gasteiger partial charge on any atom is -0.497 e. The number of halogens is 1. The molecule has 0 fully saturated rings. The summed E-state index contributed by atoms with van der Waals surface area (Å²) in [7, 11) is 1.63. The highest BCUT2D eigenvalue weighted by atomic mass is 79.9. The minimum absolute atomic E-state index is 0.159. The SMILES string of the molecule is COc1ccc(CNC(=O)NCCc2ccc(Br)cc2)cc1. The van der Waals surface area contributed by atoms with E-state index in [0.717, 1.165) is 22.2 Å². The number of hydrogen-bond donors (Lipinski definition) is 2. The number of nitrogens with one attached hydrogen (secondary N) is 2. The van der Waals surface area contributed by atoms with Crippen LogP contribution in [0.1, 0.15) is 11.1 Å². The zero-order chi connectivity index (χ0) is 15.8. The van der Waals surface area contributed by atoms with Crippen molar-refractivity contribution in [1.29, 1.82) is 0 Å². The van der Waals surface area contributed by atoms with Gasteiger partial charge in [0.15, 0.2) is 0 Å². The second-order valence-electron chi connectivity index (χ2n) is 4.83. The van der Waals surface area contributed by atoms with E-state index >= 15 is 0 Å². The van der Waals surface area contributed by atoms with E-state index in [1.165, 1.54) is 5.56 Å². The second-order valence-corrected chi connectivity index (χ2v) is 5.75. The largest absolute Gasteiger partial charge is 0.497 e. The molecular formula is C17H19BrN2O2. The van der Waals surface area contributed by atoms with Crippen LogP contribution in [-0.4, -0.2) is 19.7 Å². The molecule has 0 spiro atoms. The maximum atomic E-state index is 11.7. The van der Waals surface area contributed by atoms with E-state index in [-0.39, 0.29) is 6.03 Å². The number of methoxy groups -OCH3 is 1. The molecule has 116 valence electrons. The van der Waals surface area contributed by atoms with E-state index in [1.54, 1.807) is 7.11 Å². The third kappa shape index (κ3) is 5.41. The second kappa shape index (κ2) is 8.44. The molecule has 0 aromatic heterocycles. The lowest BCUT2D eigenvalue weighted by molar-refractivity contribution is 0.240. The van der Waals surface area contributed by atoms with Gasteiger partial charge in [-0.25, -0.2) is 4.79 Å². The number of hydrogen-bond acceptors (Lipinski definition) is 2. The molecule has 4 nitrogen and oxygen atoms in total. The number of benzene rings is 2. The molecule has 22 heavy (non-hydrogen) atoms. The normalized spacial score (nSPS) is 10.1. The lowest BCUT2D eigenvalue weighted by Gasteiger charge is -2.08. The van der Waals surface area contributed by atoms with Crippen molar-refractivity contribution in [3.63, 3.8) is 0 Å².